The summed E-state index contributed by atoms with van der Waals surface area (Å²) in [5.74, 6) is -4.67. The molecule has 288 valence electrons. The van der Waals surface area contributed by atoms with Crippen molar-refractivity contribution < 1.29 is 42.7 Å². The summed E-state index contributed by atoms with van der Waals surface area (Å²) in [5.41, 5.74) is 0.418. The molecule has 4 heterocycles. The monoisotopic (exact) mass is 738 g/mol. The van der Waals surface area contributed by atoms with Crippen molar-refractivity contribution in [3.8, 4) is 0 Å². The number of esters is 1. The highest BCUT2D eigenvalue weighted by Crippen LogP contribution is 2.26. The van der Waals surface area contributed by atoms with Gasteiger partial charge in [0.15, 0.2) is 0 Å². The lowest BCUT2D eigenvalue weighted by molar-refractivity contribution is -0.158. The Labute approximate surface area is 309 Å². The number of fused-ring (bicyclic) bond motifs is 3. The summed E-state index contributed by atoms with van der Waals surface area (Å²) >= 11 is 0. The maximum Gasteiger partial charge on any atom is 0.328 e. The number of allylic oxidation sites excluding steroid dienone is 1. The topological polar surface area (TPSA) is 175 Å². The van der Waals surface area contributed by atoms with Crippen LogP contribution in [-0.4, -0.2) is 119 Å². The van der Waals surface area contributed by atoms with E-state index in [0.29, 0.717) is 63.5 Å². The van der Waals surface area contributed by atoms with Crippen LogP contribution < -0.4 is 16.0 Å². The lowest BCUT2D eigenvalue weighted by Crippen LogP contribution is -2.62. The van der Waals surface area contributed by atoms with E-state index in [4.69, 9.17) is 4.74 Å². The van der Waals surface area contributed by atoms with Crippen LogP contribution in [0.3, 0.4) is 0 Å². The molecule has 0 radical (unpaired) electrons. The molecule has 0 bridgehead atoms. The van der Waals surface area contributed by atoms with Gasteiger partial charge in [-0.15, -0.1) is 0 Å². The van der Waals surface area contributed by atoms with Crippen molar-refractivity contribution >= 4 is 41.4 Å². The number of unbranched alkanes of at least 4 members (excludes halogenated alkanes) is 2. The molecule has 3 N–H and O–H groups in total. The zero-order valence-electron chi connectivity index (χ0n) is 30.5. The first-order chi connectivity index (χ1) is 25.5. The summed E-state index contributed by atoms with van der Waals surface area (Å²) in [6.07, 6.45) is 8.76. The van der Waals surface area contributed by atoms with E-state index in [9.17, 15) is 38.0 Å². The third kappa shape index (κ3) is 9.79. The molecular formula is C38H51FN6O8. The number of nitrogens with one attached hydrogen (secondary N) is 3. The van der Waals surface area contributed by atoms with Gasteiger partial charge in [0.1, 0.15) is 48.7 Å². The number of carbonyl (C=O) groups is 7. The molecule has 5 rings (SSSR count). The minimum atomic E-state index is -1.47. The molecule has 4 aliphatic rings. The number of amides is 6. The van der Waals surface area contributed by atoms with Crippen LogP contribution in [0.15, 0.2) is 36.4 Å². The van der Waals surface area contributed by atoms with Crippen LogP contribution in [0.25, 0.3) is 0 Å². The standard InChI is InChI=1S/C38H51FN6O8/c1-3-4-5-6-17-32(46)41-27(22-25-12-9-13-26(39)21-25)33(47)42-28-23-53-38(52)31-16-11-20-45(31)35(49)24(2)40-34(48)29-14-7-8-18-43(29)37(51)30-15-10-19-44(30)36(28)50/h6,9,12-13,17,21,24,27-31H,3-5,7-8,10-11,14-16,18-20,22-23H2,1-2H3,(H,40,48)(H,41,46)(H,42,47)/b17-6+/t24-,27-,28-,29-,30-,31-/m0/s1. The molecule has 4 fully saturated rings. The molecule has 53 heavy (non-hydrogen) atoms. The Morgan fingerprint density at radius 2 is 1.60 bits per heavy atom. The fraction of sp³-hybridized carbons (Fsp3) is 0.605. The zero-order valence-corrected chi connectivity index (χ0v) is 30.5. The van der Waals surface area contributed by atoms with Gasteiger partial charge >= 0.3 is 5.97 Å². The molecule has 1 aromatic carbocycles. The van der Waals surface area contributed by atoms with E-state index in [2.05, 4.69) is 16.0 Å². The van der Waals surface area contributed by atoms with Gasteiger partial charge in [-0.3, -0.25) is 28.8 Å². The molecule has 14 nitrogen and oxygen atoms in total. The van der Waals surface area contributed by atoms with Crippen molar-refractivity contribution in [1.29, 1.82) is 0 Å². The minimum absolute atomic E-state index is 0.112. The Morgan fingerprint density at radius 1 is 0.925 bits per heavy atom. The smallest absolute Gasteiger partial charge is 0.328 e. The van der Waals surface area contributed by atoms with Gasteiger partial charge in [-0.05, 0) is 82.1 Å². The first-order valence-electron chi connectivity index (χ1n) is 18.9. The number of hydrogen-bond donors (Lipinski definition) is 3. The second-order valence-corrected chi connectivity index (χ2v) is 14.3. The van der Waals surface area contributed by atoms with Gasteiger partial charge < -0.3 is 35.4 Å². The second kappa shape index (κ2) is 18.3. The number of nitrogens with zero attached hydrogens (tertiary/aromatic N) is 3. The van der Waals surface area contributed by atoms with E-state index in [1.165, 1.54) is 39.0 Å². The fourth-order valence-electron chi connectivity index (χ4n) is 7.59. The number of benzene rings is 1. The molecule has 6 atom stereocenters. The van der Waals surface area contributed by atoms with Crippen molar-refractivity contribution in [3.63, 3.8) is 0 Å². The van der Waals surface area contributed by atoms with Crippen molar-refractivity contribution in [2.24, 2.45) is 0 Å². The maximum atomic E-state index is 14.4. The third-order valence-corrected chi connectivity index (χ3v) is 10.4. The second-order valence-electron chi connectivity index (χ2n) is 14.3. The Kier molecular flexibility index (Phi) is 13.6. The summed E-state index contributed by atoms with van der Waals surface area (Å²) in [6.45, 7) is 3.71. The summed E-state index contributed by atoms with van der Waals surface area (Å²) in [4.78, 5) is 100. The SMILES string of the molecule is CCCC/C=C/C(=O)N[C@@H](Cc1cccc(F)c1)C(=O)N[C@H]1COC(=O)[C@@H]2CCCN2C(=O)[C@H](C)NC(=O)[C@@H]2CCCCN2C(=O)[C@@H]2CCCN2C1=O. The molecule has 4 aliphatic heterocycles. The number of carbonyl (C=O) groups excluding carboxylic acids is 7. The lowest BCUT2D eigenvalue weighted by atomic mass is 9.99. The quantitative estimate of drug-likeness (QED) is 0.194. The van der Waals surface area contributed by atoms with Crippen molar-refractivity contribution in [1.82, 2.24) is 30.7 Å². The molecule has 1 aromatic rings. The first kappa shape index (κ1) is 39.4. The highest BCUT2D eigenvalue weighted by molar-refractivity contribution is 5.98. The van der Waals surface area contributed by atoms with Gasteiger partial charge in [0.05, 0.1) is 0 Å². The highest BCUT2D eigenvalue weighted by atomic mass is 19.1. The van der Waals surface area contributed by atoms with E-state index in [1.807, 2.05) is 6.92 Å². The Hall–Kier alpha value is -4.82. The van der Waals surface area contributed by atoms with Crippen LogP contribution in [0.1, 0.15) is 83.6 Å². The normalized spacial score (nSPS) is 26.4. The van der Waals surface area contributed by atoms with Crippen LogP contribution in [0.4, 0.5) is 4.39 Å². The molecule has 4 saturated heterocycles. The van der Waals surface area contributed by atoms with Crippen molar-refractivity contribution in [3.05, 3.63) is 47.8 Å². The van der Waals surface area contributed by atoms with E-state index >= 15 is 0 Å². The van der Waals surface area contributed by atoms with Gasteiger partial charge in [0, 0.05) is 26.1 Å². The summed E-state index contributed by atoms with van der Waals surface area (Å²) in [5, 5.41) is 8.09. The molecule has 0 aliphatic carbocycles. The summed E-state index contributed by atoms with van der Waals surface area (Å²) in [7, 11) is 0. The number of ether oxygens (including phenoxy) is 1. The molecule has 15 heteroatoms. The number of rotatable bonds is 9. The summed E-state index contributed by atoms with van der Waals surface area (Å²) < 4.78 is 19.8. The van der Waals surface area contributed by atoms with Gasteiger partial charge in [0.25, 0.3) is 0 Å². The van der Waals surface area contributed by atoms with Crippen molar-refractivity contribution in [2.45, 2.75) is 121 Å². The van der Waals surface area contributed by atoms with Gasteiger partial charge in [-0.25, -0.2) is 9.18 Å². The predicted molar refractivity (Wildman–Crippen MR) is 190 cm³/mol. The summed E-state index contributed by atoms with van der Waals surface area (Å²) in [6, 6.07) is -0.834. The van der Waals surface area contributed by atoms with Gasteiger partial charge in [-0.2, -0.15) is 0 Å². The van der Waals surface area contributed by atoms with E-state index in [-0.39, 0.29) is 19.5 Å². The van der Waals surface area contributed by atoms with Gasteiger partial charge in [0.2, 0.25) is 35.4 Å². The number of hydrogen-bond acceptors (Lipinski definition) is 8. The van der Waals surface area contributed by atoms with Gasteiger partial charge in [-0.1, -0.05) is 38.0 Å². The molecule has 0 saturated carbocycles. The van der Waals surface area contributed by atoms with Crippen LogP contribution in [0.5, 0.6) is 0 Å². The van der Waals surface area contributed by atoms with E-state index in [1.54, 1.807) is 19.1 Å². The number of halogens is 1. The van der Waals surface area contributed by atoms with E-state index in [0.717, 1.165) is 12.8 Å². The molecule has 0 aromatic heterocycles. The number of piperidine rings is 1. The molecule has 6 amide bonds. The van der Waals surface area contributed by atoms with Crippen molar-refractivity contribution in [2.75, 3.05) is 26.2 Å². The number of cyclic esters (lactones) is 1. The Bertz CT molecular complexity index is 1590. The van der Waals surface area contributed by atoms with Crippen LogP contribution in [0, 0.1) is 5.82 Å². The average Bonchev–Trinajstić information content (AvgIpc) is 3.84. The Morgan fingerprint density at radius 3 is 2.34 bits per heavy atom. The predicted octanol–water partition coefficient (Wildman–Crippen LogP) is 1.51. The van der Waals surface area contributed by atoms with Crippen LogP contribution >= 0.6 is 0 Å². The van der Waals surface area contributed by atoms with E-state index < -0.39 is 90.1 Å². The maximum absolute atomic E-state index is 14.4. The molecule has 0 spiro atoms. The highest BCUT2D eigenvalue weighted by Gasteiger charge is 2.45. The lowest BCUT2D eigenvalue weighted by Gasteiger charge is -2.39. The molecular weight excluding hydrogens is 687 g/mol. The fourth-order valence-corrected chi connectivity index (χ4v) is 7.59. The van der Waals surface area contributed by atoms with Crippen LogP contribution in [0.2, 0.25) is 0 Å². The largest absolute Gasteiger partial charge is 0.461 e. The molecule has 0 unspecified atom stereocenters. The average molecular weight is 739 g/mol. The minimum Gasteiger partial charge on any atom is -0.461 e. The third-order valence-electron chi connectivity index (χ3n) is 10.4. The first-order valence-corrected chi connectivity index (χ1v) is 18.9. The zero-order chi connectivity index (χ0) is 38.1. The van der Waals surface area contributed by atoms with Crippen LogP contribution in [-0.2, 0) is 44.7 Å². The Balaban J connectivity index is 1.45.